The number of hydrogen-bond donors (Lipinski definition) is 0. The number of fused-ring (bicyclic) bond motifs is 2. The molecule has 0 saturated carbocycles. The number of carbonyl (C=O) groups is 1. The highest BCUT2D eigenvalue weighted by Crippen LogP contribution is 2.32. The Labute approximate surface area is 177 Å². The van der Waals surface area contributed by atoms with Crippen LogP contribution in [0.5, 0.6) is 5.75 Å². The van der Waals surface area contributed by atoms with Gasteiger partial charge in [0, 0.05) is 44.1 Å². The first-order chi connectivity index (χ1) is 14.7. The smallest absolute Gasteiger partial charge is 0.254 e. The molecule has 2 aromatic carbocycles. The number of carbonyl (C=O) groups excluding carboxylic acids is 1. The summed E-state index contributed by atoms with van der Waals surface area (Å²) in [7, 11) is 0. The average Bonchev–Trinajstić information content (AvgIpc) is 3.22. The highest BCUT2D eigenvalue weighted by molar-refractivity contribution is 7.22. The van der Waals surface area contributed by atoms with Crippen molar-refractivity contribution in [1.82, 2.24) is 19.9 Å². The van der Waals surface area contributed by atoms with Gasteiger partial charge in [-0.3, -0.25) is 14.8 Å². The molecule has 30 heavy (non-hydrogen) atoms. The third-order valence-corrected chi connectivity index (χ3v) is 6.29. The van der Waals surface area contributed by atoms with Crippen LogP contribution in [0.4, 0.5) is 5.13 Å². The molecule has 0 aliphatic carbocycles. The topological polar surface area (TPSA) is 71.5 Å². The lowest BCUT2D eigenvalue weighted by atomic mass is 10.1. The van der Waals surface area contributed by atoms with Crippen LogP contribution in [-0.4, -0.2) is 58.5 Å². The van der Waals surface area contributed by atoms with Crippen molar-refractivity contribution in [2.45, 2.75) is 6.92 Å². The molecule has 152 valence electrons. The number of aromatic nitrogens is 3. The molecule has 1 saturated heterocycles. The van der Waals surface area contributed by atoms with Crippen molar-refractivity contribution in [1.29, 1.82) is 0 Å². The first-order valence-electron chi connectivity index (χ1n) is 9.99. The third-order valence-electron chi connectivity index (χ3n) is 5.21. The quantitative estimate of drug-likeness (QED) is 0.503. The summed E-state index contributed by atoms with van der Waals surface area (Å²) in [5.41, 5.74) is 3.17. The number of benzene rings is 2. The van der Waals surface area contributed by atoms with Gasteiger partial charge in [-0.05, 0) is 43.3 Å². The number of amides is 1. The van der Waals surface area contributed by atoms with Crippen molar-refractivity contribution in [3.63, 3.8) is 0 Å². The number of thiazole rings is 1. The Hall–Kier alpha value is -3.26. The molecule has 1 aliphatic rings. The van der Waals surface area contributed by atoms with Crippen LogP contribution in [0.25, 0.3) is 21.3 Å². The Morgan fingerprint density at radius 2 is 1.77 bits per heavy atom. The second kappa shape index (κ2) is 7.87. The van der Waals surface area contributed by atoms with Gasteiger partial charge in [-0.2, -0.15) is 0 Å². The Balaban J connectivity index is 1.28. The van der Waals surface area contributed by atoms with Crippen LogP contribution >= 0.6 is 11.3 Å². The van der Waals surface area contributed by atoms with Gasteiger partial charge in [-0.25, -0.2) is 4.98 Å². The first kappa shape index (κ1) is 18.7. The van der Waals surface area contributed by atoms with Crippen LogP contribution in [0, 0.1) is 0 Å². The van der Waals surface area contributed by atoms with Crippen LogP contribution in [0.3, 0.4) is 0 Å². The Bertz CT molecular complexity index is 1220. The van der Waals surface area contributed by atoms with Gasteiger partial charge >= 0.3 is 0 Å². The summed E-state index contributed by atoms with van der Waals surface area (Å²) in [6.07, 6.45) is 3.30. The molecular formula is C22H21N5O2S. The molecule has 1 amide bonds. The standard InChI is InChI=1S/C22H21N5O2S/c1-2-29-16-4-6-18-20(14-16)30-22(25-18)27-11-9-26(10-12-27)21(28)15-3-5-17-19(13-15)24-8-7-23-17/h3-8,13-14H,2,9-12H2,1H3. The summed E-state index contributed by atoms with van der Waals surface area (Å²) in [5.74, 6) is 0.906. The molecule has 0 radical (unpaired) electrons. The summed E-state index contributed by atoms with van der Waals surface area (Å²) in [4.78, 5) is 30.4. The molecule has 8 heteroatoms. The summed E-state index contributed by atoms with van der Waals surface area (Å²) < 4.78 is 6.71. The van der Waals surface area contributed by atoms with E-state index in [1.165, 1.54) is 0 Å². The lowest BCUT2D eigenvalue weighted by Gasteiger charge is -2.34. The minimum atomic E-state index is 0.0351. The fourth-order valence-electron chi connectivity index (χ4n) is 3.66. The van der Waals surface area contributed by atoms with E-state index in [9.17, 15) is 4.79 Å². The van der Waals surface area contributed by atoms with Crippen LogP contribution in [0.15, 0.2) is 48.8 Å². The molecular weight excluding hydrogens is 398 g/mol. The van der Waals surface area contributed by atoms with E-state index in [1.54, 1.807) is 23.7 Å². The van der Waals surface area contributed by atoms with Crippen molar-refractivity contribution in [2.24, 2.45) is 0 Å². The molecule has 3 heterocycles. The number of hydrogen-bond acceptors (Lipinski definition) is 7. The van der Waals surface area contributed by atoms with Gasteiger partial charge in [0.25, 0.3) is 5.91 Å². The lowest BCUT2D eigenvalue weighted by molar-refractivity contribution is 0.0747. The van der Waals surface area contributed by atoms with E-state index in [4.69, 9.17) is 9.72 Å². The van der Waals surface area contributed by atoms with E-state index < -0.39 is 0 Å². The normalized spacial score (nSPS) is 14.4. The zero-order valence-electron chi connectivity index (χ0n) is 16.6. The monoisotopic (exact) mass is 419 g/mol. The second-order valence-corrected chi connectivity index (χ2v) is 8.11. The SMILES string of the molecule is CCOc1ccc2nc(N3CCN(C(=O)c4ccc5nccnc5c4)CC3)sc2c1. The van der Waals surface area contributed by atoms with Crippen molar-refractivity contribution in [3.05, 3.63) is 54.4 Å². The summed E-state index contributed by atoms with van der Waals surface area (Å²) in [5, 5.41) is 0.992. The van der Waals surface area contributed by atoms with Crippen molar-refractivity contribution >= 4 is 43.6 Å². The van der Waals surface area contributed by atoms with Gasteiger partial charge in [0.1, 0.15) is 5.75 Å². The Morgan fingerprint density at radius 3 is 2.57 bits per heavy atom. The van der Waals surface area contributed by atoms with E-state index in [0.717, 1.165) is 45.2 Å². The van der Waals surface area contributed by atoms with Gasteiger partial charge in [0.2, 0.25) is 0 Å². The predicted octanol–water partition coefficient (Wildman–Crippen LogP) is 3.60. The summed E-state index contributed by atoms with van der Waals surface area (Å²) >= 11 is 1.67. The van der Waals surface area contributed by atoms with Crippen LogP contribution in [-0.2, 0) is 0 Å². The molecule has 4 aromatic rings. The maximum absolute atomic E-state index is 13.0. The van der Waals surface area contributed by atoms with E-state index >= 15 is 0 Å². The van der Waals surface area contributed by atoms with Gasteiger partial charge in [0.05, 0.1) is 27.9 Å². The van der Waals surface area contributed by atoms with E-state index in [2.05, 4.69) is 14.9 Å². The number of anilines is 1. The molecule has 2 aromatic heterocycles. The molecule has 1 aliphatic heterocycles. The molecule has 7 nitrogen and oxygen atoms in total. The third kappa shape index (κ3) is 3.54. The summed E-state index contributed by atoms with van der Waals surface area (Å²) in [6, 6.07) is 11.5. The van der Waals surface area contributed by atoms with E-state index in [0.29, 0.717) is 25.3 Å². The molecule has 0 N–H and O–H groups in total. The molecule has 5 rings (SSSR count). The number of rotatable bonds is 4. The Kier molecular flexibility index (Phi) is 4.92. The van der Waals surface area contributed by atoms with Gasteiger partial charge < -0.3 is 14.5 Å². The highest BCUT2D eigenvalue weighted by atomic mass is 32.1. The fourth-order valence-corrected chi connectivity index (χ4v) is 4.71. The van der Waals surface area contributed by atoms with Crippen LogP contribution < -0.4 is 9.64 Å². The molecule has 1 fully saturated rings. The maximum atomic E-state index is 13.0. The van der Waals surface area contributed by atoms with Crippen molar-refractivity contribution in [3.8, 4) is 5.75 Å². The number of nitrogens with zero attached hydrogens (tertiary/aromatic N) is 5. The van der Waals surface area contributed by atoms with Gasteiger partial charge in [-0.1, -0.05) is 11.3 Å². The zero-order chi connectivity index (χ0) is 20.5. The maximum Gasteiger partial charge on any atom is 0.254 e. The van der Waals surface area contributed by atoms with Crippen LogP contribution in [0.1, 0.15) is 17.3 Å². The minimum absolute atomic E-state index is 0.0351. The average molecular weight is 420 g/mol. The van der Waals surface area contributed by atoms with E-state index in [1.807, 2.05) is 48.2 Å². The molecule has 0 bridgehead atoms. The summed E-state index contributed by atoms with van der Waals surface area (Å²) in [6.45, 7) is 5.48. The fraction of sp³-hybridized carbons (Fsp3) is 0.273. The first-order valence-corrected chi connectivity index (χ1v) is 10.8. The zero-order valence-corrected chi connectivity index (χ0v) is 17.4. The van der Waals surface area contributed by atoms with Crippen molar-refractivity contribution < 1.29 is 9.53 Å². The number of ether oxygens (including phenoxy) is 1. The lowest BCUT2D eigenvalue weighted by Crippen LogP contribution is -2.48. The van der Waals surface area contributed by atoms with Crippen LogP contribution in [0.2, 0.25) is 0 Å². The van der Waals surface area contributed by atoms with Gasteiger partial charge in [0.15, 0.2) is 5.13 Å². The second-order valence-electron chi connectivity index (χ2n) is 7.10. The molecule has 0 spiro atoms. The largest absolute Gasteiger partial charge is 0.494 e. The van der Waals surface area contributed by atoms with Gasteiger partial charge in [-0.15, -0.1) is 0 Å². The van der Waals surface area contributed by atoms with E-state index in [-0.39, 0.29) is 5.91 Å². The molecule has 0 atom stereocenters. The minimum Gasteiger partial charge on any atom is -0.494 e. The number of piperazine rings is 1. The Morgan fingerprint density at radius 1 is 1.00 bits per heavy atom. The molecule has 0 unspecified atom stereocenters. The highest BCUT2D eigenvalue weighted by Gasteiger charge is 2.24. The predicted molar refractivity (Wildman–Crippen MR) is 118 cm³/mol. The van der Waals surface area contributed by atoms with Crippen molar-refractivity contribution in [2.75, 3.05) is 37.7 Å².